The molecule has 0 aromatic carbocycles. The second-order valence-electron chi connectivity index (χ2n) is 4.07. The molecule has 0 radical (unpaired) electrons. The number of azo groups is 1. The Hall–Kier alpha value is -1.42. The molecule has 0 aliphatic rings. The monoisotopic (exact) mass is 206 g/mol. The average molecular weight is 206 g/mol. The van der Waals surface area contributed by atoms with Crippen LogP contribution in [0.4, 0.5) is 0 Å². The molecule has 0 heterocycles. The normalized spacial score (nSPS) is 18.8. The summed E-state index contributed by atoms with van der Waals surface area (Å²) in [6, 6.07) is 4.23. The maximum atomic E-state index is 8.97. The first-order valence-electron chi connectivity index (χ1n) is 5.22. The molecule has 0 aromatic rings. The first-order chi connectivity index (χ1) is 6.95. The van der Waals surface area contributed by atoms with Crippen molar-refractivity contribution in [2.24, 2.45) is 10.2 Å². The van der Waals surface area contributed by atoms with E-state index in [0.29, 0.717) is 12.8 Å². The van der Waals surface area contributed by atoms with Gasteiger partial charge in [-0.15, -0.1) is 0 Å². The van der Waals surface area contributed by atoms with Crippen molar-refractivity contribution in [2.75, 3.05) is 0 Å². The Morgan fingerprint density at radius 3 is 1.80 bits per heavy atom. The Morgan fingerprint density at radius 2 is 1.47 bits per heavy atom. The molecule has 0 fully saturated rings. The molecule has 0 amide bonds. The van der Waals surface area contributed by atoms with E-state index in [1.165, 1.54) is 0 Å². The van der Waals surface area contributed by atoms with Crippen molar-refractivity contribution >= 4 is 0 Å². The number of rotatable bonds is 5. The molecular weight excluding hydrogens is 188 g/mol. The minimum Gasteiger partial charge on any atom is -0.196 e. The molecule has 15 heavy (non-hydrogen) atoms. The molecule has 0 aromatic heterocycles. The molecule has 82 valence electrons. The van der Waals surface area contributed by atoms with Crippen molar-refractivity contribution in [3.8, 4) is 12.1 Å². The summed E-state index contributed by atoms with van der Waals surface area (Å²) in [6.45, 7) is 7.34. The third-order valence-electron chi connectivity index (χ3n) is 2.40. The van der Waals surface area contributed by atoms with Crippen LogP contribution in [0.1, 0.15) is 47.0 Å². The Morgan fingerprint density at radius 1 is 1.00 bits per heavy atom. The molecule has 2 unspecified atom stereocenters. The van der Waals surface area contributed by atoms with Crippen molar-refractivity contribution in [1.29, 1.82) is 10.5 Å². The van der Waals surface area contributed by atoms with Gasteiger partial charge in [0.25, 0.3) is 0 Å². The number of nitrogens with zero attached hydrogens (tertiary/aromatic N) is 4. The summed E-state index contributed by atoms with van der Waals surface area (Å²) in [5, 5.41) is 25.9. The number of hydrogen-bond acceptors (Lipinski definition) is 4. The lowest BCUT2D eigenvalue weighted by atomic mass is 9.99. The maximum absolute atomic E-state index is 8.97. The molecule has 4 nitrogen and oxygen atoms in total. The predicted molar refractivity (Wildman–Crippen MR) is 58.1 cm³/mol. The molecule has 0 saturated heterocycles. The smallest absolute Gasteiger partial charge is 0.164 e. The quantitative estimate of drug-likeness (QED) is 0.648. The fraction of sp³-hybridized carbons (Fsp3) is 0.818. The fourth-order valence-corrected chi connectivity index (χ4v) is 1.01. The van der Waals surface area contributed by atoms with Crippen LogP contribution in [0.5, 0.6) is 0 Å². The molecule has 0 bridgehead atoms. The highest BCUT2D eigenvalue weighted by molar-refractivity contribution is 5.06. The second kappa shape index (κ2) is 5.46. The lowest BCUT2D eigenvalue weighted by Crippen LogP contribution is -2.22. The second-order valence-corrected chi connectivity index (χ2v) is 4.07. The van der Waals surface area contributed by atoms with Crippen molar-refractivity contribution in [3.63, 3.8) is 0 Å². The van der Waals surface area contributed by atoms with Gasteiger partial charge in [-0.2, -0.15) is 20.8 Å². The van der Waals surface area contributed by atoms with Gasteiger partial charge < -0.3 is 0 Å². The molecule has 0 N–H and O–H groups in total. The summed E-state index contributed by atoms with van der Waals surface area (Å²) in [6.07, 6.45) is 2.14. The van der Waals surface area contributed by atoms with Gasteiger partial charge in [0.2, 0.25) is 0 Å². The lowest BCUT2D eigenvalue weighted by Gasteiger charge is -2.17. The van der Waals surface area contributed by atoms with Gasteiger partial charge in [0.1, 0.15) is 0 Å². The van der Waals surface area contributed by atoms with Crippen LogP contribution < -0.4 is 0 Å². The van der Waals surface area contributed by atoms with Crippen LogP contribution in [-0.4, -0.2) is 11.1 Å². The van der Waals surface area contributed by atoms with E-state index in [0.717, 1.165) is 6.42 Å². The zero-order chi connectivity index (χ0) is 11.9. The van der Waals surface area contributed by atoms with Crippen LogP contribution in [0, 0.1) is 22.7 Å². The highest BCUT2D eigenvalue weighted by atomic mass is 15.2. The molecule has 2 atom stereocenters. The summed E-state index contributed by atoms with van der Waals surface area (Å²) in [4.78, 5) is 0. The van der Waals surface area contributed by atoms with Gasteiger partial charge in [-0.1, -0.05) is 20.3 Å². The van der Waals surface area contributed by atoms with E-state index in [2.05, 4.69) is 22.4 Å². The SMILES string of the molecule is CCCC(C)(C#N)/N=N/C(C)(C#N)CC. The minimum absolute atomic E-state index is 0.598. The Bertz CT molecular complexity index is 310. The van der Waals surface area contributed by atoms with Crippen LogP contribution in [0.15, 0.2) is 10.2 Å². The largest absolute Gasteiger partial charge is 0.196 e. The van der Waals surface area contributed by atoms with E-state index in [4.69, 9.17) is 10.5 Å². The summed E-state index contributed by atoms with van der Waals surface area (Å²) in [7, 11) is 0. The van der Waals surface area contributed by atoms with E-state index in [1.807, 2.05) is 13.8 Å². The Kier molecular flexibility index (Phi) is 4.94. The van der Waals surface area contributed by atoms with Gasteiger partial charge >= 0.3 is 0 Å². The van der Waals surface area contributed by atoms with Crippen molar-refractivity contribution in [2.45, 2.75) is 58.0 Å². The first-order valence-corrected chi connectivity index (χ1v) is 5.22. The zero-order valence-electron chi connectivity index (χ0n) is 9.91. The lowest BCUT2D eigenvalue weighted by molar-refractivity contribution is 0.458. The Balaban J connectivity index is 4.78. The van der Waals surface area contributed by atoms with Crippen molar-refractivity contribution in [1.82, 2.24) is 0 Å². The summed E-state index contributed by atoms with van der Waals surface area (Å²) < 4.78 is 0. The molecule has 0 spiro atoms. The predicted octanol–water partition coefficient (Wildman–Crippen LogP) is 3.21. The van der Waals surface area contributed by atoms with Gasteiger partial charge in [-0.25, -0.2) is 0 Å². The summed E-state index contributed by atoms with van der Waals surface area (Å²) in [5.41, 5.74) is -1.59. The molecule has 0 saturated carbocycles. The van der Waals surface area contributed by atoms with Crippen LogP contribution >= 0.6 is 0 Å². The zero-order valence-corrected chi connectivity index (χ0v) is 9.91. The third-order valence-corrected chi connectivity index (χ3v) is 2.40. The number of nitriles is 2. The van der Waals surface area contributed by atoms with Gasteiger partial charge in [0, 0.05) is 0 Å². The number of hydrogen-bond donors (Lipinski definition) is 0. The molecule has 0 aliphatic heterocycles. The molecule has 0 rings (SSSR count). The standard InChI is InChI=1S/C11H18N4/c1-5-7-11(4,9-13)15-14-10(3,6-2)8-12/h5-7H2,1-4H3/b15-14+. The highest BCUT2D eigenvalue weighted by Crippen LogP contribution is 2.21. The topological polar surface area (TPSA) is 72.3 Å². The molecule has 4 heteroatoms. The van der Waals surface area contributed by atoms with E-state index >= 15 is 0 Å². The fourth-order valence-electron chi connectivity index (χ4n) is 1.01. The van der Waals surface area contributed by atoms with E-state index in [9.17, 15) is 0 Å². The summed E-state index contributed by atoms with van der Waals surface area (Å²) >= 11 is 0. The van der Waals surface area contributed by atoms with Crippen LogP contribution in [0.3, 0.4) is 0 Å². The van der Waals surface area contributed by atoms with Crippen LogP contribution in [0.25, 0.3) is 0 Å². The van der Waals surface area contributed by atoms with Gasteiger partial charge in [0.15, 0.2) is 11.1 Å². The molecular formula is C11H18N4. The Labute approximate surface area is 91.6 Å². The minimum atomic E-state index is -0.800. The summed E-state index contributed by atoms with van der Waals surface area (Å²) in [5.74, 6) is 0. The van der Waals surface area contributed by atoms with Gasteiger partial charge in [-0.05, 0) is 26.7 Å². The van der Waals surface area contributed by atoms with Gasteiger partial charge in [0.05, 0.1) is 12.1 Å². The van der Waals surface area contributed by atoms with Crippen LogP contribution in [0.2, 0.25) is 0 Å². The van der Waals surface area contributed by atoms with Crippen LogP contribution in [-0.2, 0) is 0 Å². The van der Waals surface area contributed by atoms with E-state index in [1.54, 1.807) is 13.8 Å². The third kappa shape index (κ3) is 4.08. The van der Waals surface area contributed by atoms with E-state index < -0.39 is 11.1 Å². The van der Waals surface area contributed by atoms with Crippen molar-refractivity contribution in [3.05, 3.63) is 0 Å². The first kappa shape index (κ1) is 13.6. The average Bonchev–Trinajstić information content (AvgIpc) is 2.26. The van der Waals surface area contributed by atoms with Gasteiger partial charge in [-0.3, -0.25) is 0 Å². The molecule has 0 aliphatic carbocycles. The maximum Gasteiger partial charge on any atom is 0.164 e. The van der Waals surface area contributed by atoms with E-state index in [-0.39, 0.29) is 0 Å². The highest BCUT2D eigenvalue weighted by Gasteiger charge is 2.26. The van der Waals surface area contributed by atoms with Crippen molar-refractivity contribution < 1.29 is 0 Å².